The molecule has 0 saturated carbocycles. The molecule has 5 heteroatoms. The summed E-state index contributed by atoms with van der Waals surface area (Å²) in [5.41, 5.74) is 0.941. The Balaban J connectivity index is 2.58. The number of rotatable bonds is 4. The second-order valence-corrected chi connectivity index (χ2v) is 5.41. The van der Waals surface area contributed by atoms with Crippen LogP contribution in [0.1, 0.15) is 33.1 Å². The third kappa shape index (κ3) is 3.10. The van der Waals surface area contributed by atoms with E-state index in [1.54, 1.807) is 6.07 Å². The fourth-order valence-corrected chi connectivity index (χ4v) is 3.05. The number of fused-ring (bicyclic) bond motifs is 1. The molecule has 2 rings (SSSR count). The first-order valence-electron chi connectivity index (χ1n) is 6.52. The molecule has 0 radical (unpaired) electrons. The number of halogens is 1. The number of benzene rings is 1. The van der Waals surface area contributed by atoms with Gasteiger partial charge in [-0.05, 0) is 31.0 Å². The highest BCUT2D eigenvalue weighted by atomic mass is 32.1. The maximum absolute atomic E-state index is 13.2. The molecule has 0 bridgehead atoms. The van der Waals surface area contributed by atoms with E-state index in [-0.39, 0.29) is 11.7 Å². The number of aromatic nitrogens is 1. The first kappa shape index (κ1) is 13.9. The van der Waals surface area contributed by atoms with E-state index in [1.165, 1.54) is 23.5 Å². The van der Waals surface area contributed by atoms with Crippen molar-refractivity contribution in [3.05, 3.63) is 28.8 Å². The first-order valence-corrected chi connectivity index (χ1v) is 7.33. The molecule has 1 amide bonds. The Bertz CT molecular complexity index is 657. The molecule has 0 N–H and O–H groups in total. The Morgan fingerprint density at radius 2 is 2.16 bits per heavy atom. The molecule has 102 valence electrons. The van der Waals surface area contributed by atoms with Crippen molar-refractivity contribution in [1.82, 2.24) is 4.57 Å². The van der Waals surface area contributed by atoms with Gasteiger partial charge in [0.05, 0.1) is 10.2 Å². The number of amides is 1. The zero-order valence-corrected chi connectivity index (χ0v) is 12.0. The lowest BCUT2D eigenvalue weighted by Crippen LogP contribution is -2.16. The van der Waals surface area contributed by atoms with E-state index >= 15 is 0 Å². The lowest BCUT2D eigenvalue weighted by molar-refractivity contribution is -0.118. The highest BCUT2D eigenvalue weighted by molar-refractivity contribution is 7.16. The topological polar surface area (TPSA) is 34.4 Å². The zero-order valence-electron chi connectivity index (χ0n) is 11.1. The monoisotopic (exact) mass is 280 g/mol. The van der Waals surface area contributed by atoms with Crippen LogP contribution in [0.2, 0.25) is 0 Å². The molecule has 1 heterocycles. The van der Waals surface area contributed by atoms with E-state index in [4.69, 9.17) is 0 Å². The molecule has 0 saturated heterocycles. The van der Waals surface area contributed by atoms with Crippen LogP contribution in [0.25, 0.3) is 10.2 Å². The van der Waals surface area contributed by atoms with Crippen molar-refractivity contribution < 1.29 is 9.18 Å². The summed E-state index contributed by atoms with van der Waals surface area (Å²) in [4.78, 5) is 16.5. The van der Waals surface area contributed by atoms with Crippen LogP contribution < -0.4 is 4.80 Å². The van der Waals surface area contributed by atoms with Gasteiger partial charge in [0.1, 0.15) is 5.82 Å². The van der Waals surface area contributed by atoms with Crippen molar-refractivity contribution >= 4 is 27.5 Å². The van der Waals surface area contributed by atoms with Crippen LogP contribution in [0, 0.1) is 5.82 Å². The number of carbonyl (C=O) groups excluding carboxylic acids is 1. The number of hydrogen-bond acceptors (Lipinski definition) is 2. The summed E-state index contributed by atoms with van der Waals surface area (Å²) in [5.74, 6) is -0.372. The second-order valence-electron chi connectivity index (χ2n) is 4.40. The molecule has 3 nitrogen and oxygen atoms in total. The maximum atomic E-state index is 13.2. The van der Waals surface area contributed by atoms with Gasteiger partial charge >= 0.3 is 0 Å². The molecule has 1 aromatic heterocycles. The quantitative estimate of drug-likeness (QED) is 0.844. The van der Waals surface area contributed by atoms with Crippen LogP contribution in [0.3, 0.4) is 0 Å². The zero-order chi connectivity index (χ0) is 13.8. The Labute approximate surface area is 115 Å². The van der Waals surface area contributed by atoms with Gasteiger partial charge in [0, 0.05) is 13.0 Å². The summed E-state index contributed by atoms with van der Waals surface area (Å²) in [7, 11) is 0. The molecule has 0 atom stereocenters. The smallest absolute Gasteiger partial charge is 0.248 e. The molecular weight excluding hydrogens is 263 g/mol. The van der Waals surface area contributed by atoms with Crippen molar-refractivity contribution in [3.8, 4) is 0 Å². The van der Waals surface area contributed by atoms with Crippen LogP contribution in [0.5, 0.6) is 0 Å². The minimum Gasteiger partial charge on any atom is -0.316 e. The van der Waals surface area contributed by atoms with Gasteiger partial charge < -0.3 is 4.57 Å². The molecule has 0 fully saturated rings. The van der Waals surface area contributed by atoms with Gasteiger partial charge in [-0.1, -0.05) is 25.2 Å². The summed E-state index contributed by atoms with van der Waals surface area (Å²) < 4.78 is 16.1. The van der Waals surface area contributed by atoms with Crippen LogP contribution in [0.15, 0.2) is 23.2 Å². The molecule has 0 spiro atoms. The van der Waals surface area contributed by atoms with Crippen molar-refractivity contribution in [2.75, 3.05) is 0 Å². The second kappa shape index (κ2) is 6.10. The van der Waals surface area contributed by atoms with Gasteiger partial charge in [0.25, 0.3) is 0 Å². The van der Waals surface area contributed by atoms with Crippen LogP contribution >= 0.6 is 11.3 Å². The van der Waals surface area contributed by atoms with Gasteiger partial charge in [-0.3, -0.25) is 4.79 Å². The molecule has 19 heavy (non-hydrogen) atoms. The minimum atomic E-state index is -0.260. The molecule has 0 aliphatic heterocycles. The van der Waals surface area contributed by atoms with E-state index in [0.717, 1.165) is 29.6 Å². The highest BCUT2D eigenvalue weighted by Crippen LogP contribution is 2.19. The van der Waals surface area contributed by atoms with Gasteiger partial charge in [-0.25, -0.2) is 4.39 Å². The molecule has 0 aliphatic rings. The highest BCUT2D eigenvalue weighted by Gasteiger charge is 2.07. The third-order valence-electron chi connectivity index (χ3n) is 2.78. The van der Waals surface area contributed by atoms with Crippen LogP contribution in [0.4, 0.5) is 4.39 Å². The van der Waals surface area contributed by atoms with E-state index in [9.17, 15) is 9.18 Å². The minimum absolute atomic E-state index is 0.112. The Kier molecular flexibility index (Phi) is 4.47. The third-order valence-corrected chi connectivity index (χ3v) is 3.82. The predicted molar refractivity (Wildman–Crippen MR) is 75.5 cm³/mol. The lowest BCUT2D eigenvalue weighted by atomic mass is 10.3. The Morgan fingerprint density at radius 1 is 1.37 bits per heavy atom. The number of hydrogen-bond donors (Lipinski definition) is 0. The number of carbonyl (C=O) groups is 1. The first-order chi connectivity index (χ1) is 9.15. The predicted octanol–water partition coefficient (Wildman–Crippen LogP) is 3.48. The number of thiazole rings is 1. The van der Waals surface area contributed by atoms with Crippen molar-refractivity contribution in [2.45, 2.75) is 39.7 Å². The van der Waals surface area contributed by atoms with E-state index in [2.05, 4.69) is 11.9 Å². The Morgan fingerprint density at radius 3 is 2.84 bits per heavy atom. The standard InChI is InChI=1S/C14H17FN2OS/c1-3-5-13(18)16-14-17(8-4-2)11-7-6-10(15)9-12(11)19-14/h6-7,9H,3-5,8H2,1-2H3. The fourth-order valence-electron chi connectivity index (χ4n) is 1.95. The van der Waals surface area contributed by atoms with E-state index in [1.807, 2.05) is 11.5 Å². The number of nitrogens with zero attached hydrogens (tertiary/aromatic N) is 2. The van der Waals surface area contributed by atoms with Gasteiger partial charge in [-0.2, -0.15) is 4.99 Å². The van der Waals surface area contributed by atoms with E-state index in [0.29, 0.717) is 11.2 Å². The summed E-state index contributed by atoms with van der Waals surface area (Å²) in [6, 6.07) is 4.69. The molecule has 0 aliphatic carbocycles. The summed E-state index contributed by atoms with van der Waals surface area (Å²) in [6.07, 6.45) is 2.18. The van der Waals surface area contributed by atoms with Gasteiger partial charge in [0.15, 0.2) is 4.80 Å². The van der Waals surface area contributed by atoms with Crippen molar-refractivity contribution in [1.29, 1.82) is 0 Å². The molecule has 2 aromatic rings. The summed E-state index contributed by atoms with van der Waals surface area (Å²) >= 11 is 1.37. The Hall–Kier alpha value is -1.49. The molecule has 0 unspecified atom stereocenters. The normalized spacial score (nSPS) is 12.3. The average Bonchev–Trinajstić information content (AvgIpc) is 2.67. The average molecular weight is 280 g/mol. The van der Waals surface area contributed by atoms with E-state index < -0.39 is 0 Å². The van der Waals surface area contributed by atoms with Gasteiger partial charge in [-0.15, -0.1) is 0 Å². The van der Waals surface area contributed by atoms with Crippen molar-refractivity contribution in [3.63, 3.8) is 0 Å². The lowest BCUT2D eigenvalue weighted by Gasteiger charge is -2.02. The maximum Gasteiger partial charge on any atom is 0.248 e. The van der Waals surface area contributed by atoms with Crippen molar-refractivity contribution in [2.24, 2.45) is 4.99 Å². The fraction of sp³-hybridized carbons (Fsp3) is 0.429. The van der Waals surface area contributed by atoms with Crippen LogP contribution in [-0.2, 0) is 11.3 Å². The largest absolute Gasteiger partial charge is 0.316 e. The summed E-state index contributed by atoms with van der Waals surface area (Å²) in [5, 5.41) is 0. The molecule has 1 aromatic carbocycles. The molecular formula is C14H17FN2OS. The van der Waals surface area contributed by atoms with Crippen LogP contribution in [-0.4, -0.2) is 10.5 Å². The summed E-state index contributed by atoms with van der Waals surface area (Å²) in [6.45, 7) is 4.80. The SMILES string of the molecule is CCCC(=O)N=c1sc2cc(F)ccc2n1CCC. The van der Waals surface area contributed by atoms with Gasteiger partial charge in [0.2, 0.25) is 5.91 Å². The number of aryl methyl sites for hydroxylation is 1.